The molecular formula is C7H8AcN2O2P-. The summed E-state index contributed by atoms with van der Waals surface area (Å²) in [5.74, 6) is 0.107. The number of rotatable bonds is 2. The first-order chi connectivity index (χ1) is 5.77. The Labute approximate surface area is 115 Å². The van der Waals surface area contributed by atoms with Crippen molar-refractivity contribution in [1.82, 2.24) is 4.98 Å². The summed E-state index contributed by atoms with van der Waals surface area (Å²) in [5.41, 5.74) is 0.453. The van der Waals surface area contributed by atoms with Crippen molar-refractivity contribution in [2.24, 2.45) is 0 Å². The molecule has 1 radical (unpaired) electrons. The van der Waals surface area contributed by atoms with Gasteiger partial charge in [-0.05, 0) is 6.07 Å². The van der Waals surface area contributed by atoms with Crippen molar-refractivity contribution in [3.63, 3.8) is 0 Å². The summed E-state index contributed by atoms with van der Waals surface area (Å²) in [4.78, 5) is 14.9. The van der Waals surface area contributed by atoms with Crippen LogP contribution in [0.2, 0.25) is 0 Å². The number of methoxy groups -OCH3 is 1. The van der Waals surface area contributed by atoms with Gasteiger partial charge in [-0.3, -0.25) is 0 Å². The number of ether oxygens (including phenoxy) is 1. The molecule has 1 atom stereocenters. The van der Waals surface area contributed by atoms with Crippen LogP contribution in [-0.4, -0.2) is 18.1 Å². The average Bonchev–Trinajstić information content (AvgIpc) is 2.17. The van der Waals surface area contributed by atoms with Crippen LogP contribution in [0, 0.1) is 44.1 Å². The third-order valence-electron chi connectivity index (χ3n) is 1.30. The van der Waals surface area contributed by atoms with Crippen molar-refractivity contribution < 1.29 is 53.6 Å². The van der Waals surface area contributed by atoms with Gasteiger partial charge in [0.05, 0.1) is 12.7 Å². The van der Waals surface area contributed by atoms with E-state index in [1.807, 2.05) is 0 Å². The van der Waals surface area contributed by atoms with Crippen molar-refractivity contribution in [2.45, 2.75) is 0 Å². The molecule has 0 saturated carbocycles. The monoisotopic (exact) mass is 410 g/mol. The molecule has 0 amide bonds. The van der Waals surface area contributed by atoms with Gasteiger partial charge < -0.3 is 14.8 Å². The standard InChI is InChI=1S/C7H8N2O2P.Ac/c1-11-7(10)5-2-3-8-6(4-5)9-12;/h2-4H,12H2,1H3;/q-1;. The van der Waals surface area contributed by atoms with E-state index in [2.05, 4.69) is 24.2 Å². The van der Waals surface area contributed by atoms with Crippen molar-refractivity contribution in [1.29, 1.82) is 0 Å². The Morgan fingerprint density at radius 1 is 1.69 bits per heavy atom. The first-order valence-corrected chi connectivity index (χ1v) is 3.75. The van der Waals surface area contributed by atoms with E-state index in [1.54, 1.807) is 12.1 Å². The molecule has 0 aliphatic heterocycles. The van der Waals surface area contributed by atoms with Crippen LogP contribution in [0.15, 0.2) is 18.3 Å². The minimum absolute atomic E-state index is 0. The number of hydrogen-bond donors (Lipinski definition) is 0. The van der Waals surface area contributed by atoms with Crippen LogP contribution in [-0.2, 0) is 4.74 Å². The Bertz CT molecular complexity index is 296. The molecule has 13 heavy (non-hydrogen) atoms. The Morgan fingerprint density at radius 2 is 2.38 bits per heavy atom. The molecule has 0 aliphatic carbocycles. The van der Waals surface area contributed by atoms with Gasteiger partial charge in [0, 0.05) is 44.1 Å². The molecule has 1 aromatic heterocycles. The Hall–Kier alpha value is 0.292. The van der Waals surface area contributed by atoms with Crippen LogP contribution in [0.1, 0.15) is 10.4 Å². The van der Waals surface area contributed by atoms with E-state index in [0.717, 1.165) is 0 Å². The van der Waals surface area contributed by atoms with Gasteiger partial charge in [-0.2, -0.15) is 0 Å². The molecule has 1 rings (SSSR count). The number of aromatic nitrogens is 1. The molecular weight excluding hydrogens is 402 g/mol. The molecule has 1 aromatic rings. The maximum atomic E-state index is 11.0. The average molecular weight is 410 g/mol. The number of carbonyl (C=O) groups is 1. The van der Waals surface area contributed by atoms with Gasteiger partial charge in [0.1, 0.15) is 0 Å². The summed E-state index contributed by atoms with van der Waals surface area (Å²) in [5, 5.41) is 3.75. The second kappa shape index (κ2) is 6.70. The summed E-state index contributed by atoms with van der Waals surface area (Å²) in [6.45, 7) is 0. The molecule has 0 aromatic carbocycles. The summed E-state index contributed by atoms with van der Waals surface area (Å²) >= 11 is 0. The van der Waals surface area contributed by atoms with E-state index in [0.29, 0.717) is 11.4 Å². The maximum Gasteiger partial charge on any atom is 0.337 e. The van der Waals surface area contributed by atoms with Crippen LogP contribution in [0.3, 0.4) is 0 Å². The predicted octanol–water partition coefficient (Wildman–Crippen LogP) is 1.66. The summed E-state index contributed by atoms with van der Waals surface area (Å²) in [6.07, 6.45) is 1.51. The number of pyridine rings is 1. The second-order valence-electron chi connectivity index (χ2n) is 2.02. The van der Waals surface area contributed by atoms with Gasteiger partial charge in [0.25, 0.3) is 0 Å². The van der Waals surface area contributed by atoms with E-state index < -0.39 is 0 Å². The Morgan fingerprint density at radius 3 is 2.92 bits per heavy atom. The van der Waals surface area contributed by atoms with Crippen LogP contribution < -0.4 is 0 Å². The van der Waals surface area contributed by atoms with Gasteiger partial charge >= 0.3 is 5.97 Å². The number of hydrogen-bond acceptors (Lipinski definition) is 3. The minimum Gasteiger partial charge on any atom is -0.465 e. The van der Waals surface area contributed by atoms with E-state index in [1.165, 1.54) is 13.3 Å². The second-order valence-corrected chi connectivity index (χ2v) is 2.28. The van der Waals surface area contributed by atoms with Crippen molar-refractivity contribution in [3.05, 3.63) is 29.0 Å². The molecule has 67 valence electrons. The quantitative estimate of drug-likeness (QED) is 0.551. The zero-order valence-corrected chi connectivity index (χ0v) is 13.0. The Kier molecular flexibility index (Phi) is 6.85. The van der Waals surface area contributed by atoms with Crippen molar-refractivity contribution in [3.8, 4) is 0 Å². The molecule has 1 unspecified atom stereocenters. The summed E-state index contributed by atoms with van der Waals surface area (Å²) in [7, 11) is 3.51. The molecule has 0 bridgehead atoms. The largest absolute Gasteiger partial charge is 0.465 e. The maximum absolute atomic E-state index is 11.0. The zero-order valence-electron chi connectivity index (χ0n) is 7.10. The van der Waals surface area contributed by atoms with Gasteiger partial charge in [-0.1, -0.05) is 18.1 Å². The number of esters is 1. The smallest absolute Gasteiger partial charge is 0.337 e. The van der Waals surface area contributed by atoms with E-state index in [4.69, 9.17) is 0 Å². The molecule has 6 heteroatoms. The van der Waals surface area contributed by atoms with Crippen LogP contribution in [0.5, 0.6) is 0 Å². The fourth-order valence-corrected chi connectivity index (χ4v) is 0.875. The number of carbonyl (C=O) groups excluding carboxylic acids is 1. The van der Waals surface area contributed by atoms with E-state index in [9.17, 15) is 4.79 Å². The van der Waals surface area contributed by atoms with Crippen LogP contribution in [0.25, 0.3) is 5.09 Å². The van der Waals surface area contributed by atoms with Gasteiger partial charge in [0.15, 0.2) is 0 Å². The Balaban J connectivity index is 0.00000144. The molecule has 0 saturated heterocycles. The summed E-state index contributed by atoms with van der Waals surface area (Å²) in [6, 6.07) is 3.13. The van der Waals surface area contributed by atoms with Crippen LogP contribution >= 0.6 is 9.39 Å². The first-order valence-electron chi connectivity index (χ1n) is 3.23. The molecule has 1 heterocycles. The fourth-order valence-electron chi connectivity index (χ4n) is 0.734. The third kappa shape index (κ3) is 3.89. The third-order valence-corrected chi connectivity index (χ3v) is 1.56. The van der Waals surface area contributed by atoms with Crippen molar-refractivity contribution >= 4 is 21.2 Å². The van der Waals surface area contributed by atoms with E-state index >= 15 is 0 Å². The molecule has 4 nitrogen and oxygen atoms in total. The SMILES string of the molecule is COC(=O)c1ccnc([N-]P)c1.[Ac]. The van der Waals surface area contributed by atoms with Gasteiger partial charge in [-0.25, -0.2) is 4.79 Å². The molecule has 0 spiro atoms. The molecule has 0 N–H and O–H groups in total. The summed E-state index contributed by atoms with van der Waals surface area (Å²) < 4.78 is 4.52. The minimum atomic E-state index is -0.382. The van der Waals surface area contributed by atoms with Crippen molar-refractivity contribution in [2.75, 3.05) is 7.11 Å². The predicted molar refractivity (Wildman–Crippen MR) is 48.3 cm³/mol. The number of nitrogens with zero attached hydrogens (tertiary/aromatic N) is 2. The molecule has 0 aliphatic rings. The normalized spacial score (nSPS) is 8.46. The topological polar surface area (TPSA) is 53.3 Å². The fraction of sp³-hybridized carbons (Fsp3) is 0.143. The van der Waals surface area contributed by atoms with E-state index in [-0.39, 0.29) is 50.0 Å². The zero-order chi connectivity index (χ0) is 8.97. The molecule has 0 fully saturated rings. The van der Waals surface area contributed by atoms with Crippen LogP contribution in [0.4, 0.5) is 5.82 Å². The first kappa shape index (κ1) is 13.3. The van der Waals surface area contributed by atoms with Gasteiger partial charge in [-0.15, -0.1) is 9.39 Å². The van der Waals surface area contributed by atoms with Gasteiger partial charge in [0.2, 0.25) is 0 Å².